The Labute approximate surface area is 192 Å². The lowest BCUT2D eigenvalue weighted by Gasteiger charge is -2.15. The molecule has 0 unspecified atom stereocenters. The van der Waals surface area contributed by atoms with Crippen molar-refractivity contribution in [3.05, 3.63) is 62.2 Å². The zero-order valence-corrected chi connectivity index (χ0v) is 20.2. The SMILES string of the molecule is CCOc1cc(/C=C2/C(=O)N(C)C(=S)N2C)cc(Br)c1OCc1ccc(Br)cc1. The van der Waals surface area contributed by atoms with Crippen LogP contribution < -0.4 is 9.47 Å². The molecule has 1 aliphatic heterocycles. The van der Waals surface area contributed by atoms with Crippen LogP contribution >= 0.6 is 44.1 Å². The molecule has 0 bridgehead atoms. The van der Waals surface area contributed by atoms with Crippen molar-refractivity contribution < 1.29 is 14.3 Å². The van der Waals surface area contributed by atoms with E-state index < -0.39 is 0 Å². The first-order valence-corrected chi connectivity index (χ1v) is 10.9. The van der Waals surface area contributed by atoms with Gasteiger partial charge in [0.25, 0.3) is 5.91 Å². The molecule has 2 aromatic rings. The van der Waals surface area contributed by atoms with E-state index in [-0.39, 0.29) is 5.91 Å². The largest absolute Gasteiger partial charge is 0.490 e. The molecule has 0 radical (unpaired) electrons. The highest BCUT2D eigenvalue weighted by Gasteiger charge is 2.32. The molecular formula is C21H20Br2N2O3S. The first-order chi connectivity index (χ1) is 13.8. The minimum atomic E-state index is -0.137. The van der Waals surface area contributed by atoms with Crippen LogP contribution in [0.15, 0.2) is 51.0 Å². The molecule has 0 aromatic heterocycles. The Balaban J connectivity index is 1.90. The lowest BCUT2D eigenvalue weighted by Crippen LogP contribution is -2.26. The molecule has 0 aliphatic carbocycles. The third kappa shape index (κ3) is 4.82. The summed E-state index contributed by atoms with van der Waals surface area (Å²) in [4.78, 5) is 15.6. The Morgan fingerprint density at radius 2 is 1.76 bits per heavy atom. The van der Waals surface area contributed by atoms with Gasteiger partial charge in [0.2, 0.25) is 0 Å². The number of amides is 1. The highest BCUT2D eigenvalue weighted by molar-refractivity contribution is 9.10. The van der Waals surface area contributed by atoms with Gasteiger partial charge in [-0.1, -0.05) is 28.1 Å². The topological polar surface area (TPSA) is 42.0 Å². The molecule has 29 heavy (non-hydrogen) atoms. The zero-order valence-electron chi connectivity index (χ0n) is 16.2. The van der Waals surface area contributed by atoms with Gasteiger partial charge in [-0.25, -0.2) is 0 Å². The van der Waals surface area contributed by atoms with E-state index in [2.05, 4.69) is 31.9 Å². The lowest BCUT2D eigenvalue weighted by atomic mass is 10.1. The van der Waals surface area contributed by atoms with Crippen LogP contribution in [0.2, 0.25) is 0 Å². The number of carbonyl (C=O) groups excluding carboxylic acids is 1. The summed E-state index contributed by atoms with van der Waals surface area (Å²) in [5.74, 6) is 1.09. The second-order valence-corrected chi connectivity index (χ2v) is 8.55. The fourth-order valence-electron chi connectivity index (χ4n) is 2.86. The summed E-state index contributed by atoms with van der Waals surface area (Å²) >= 11 is 12.3. The molecule has 0 saturated carbocycles. The van der Waals surface area contributed by atoms with Crippen molar-refractivity contribution in [2.45, 2.75) is 13.5 Å². The number of rotatable bonds is 6. The maximum atomic E-state index is 12.4. The van der Waals surface area contributed by atoms with Gasteiger partial charge < -0.3 is 14.4 Å². The van der Waals surface area contributed by atoms with Crippen molar-refractivity contribution >= 4 is 61.2 Å². The summed E-state index contributed by atoms with van der Waals surface area (Å²) in [7, 11) is 3.45. The lowest BCUT2D eigenvalue weighted by molar-refractivity contribution is -0.121. The average Bonchev–Trinajstić information content (AvgIpc) is 2.87. The Bertz CT molecular complexity index is 977. The number of halogens is 2. The van der Waals surface area contributed by atoms with Gasteiger partial charge in [0.1, 0.15) is 12.3 Å². The minimum absolute atomic E-state index is 0.137. The van der Waals surface area contributed by atoms with Crippen LogP contribution in [0.25, 0.3) is 6.08 Å². The van der Waals surface area contributed by atoms with Gasteiger partial charge in [-0.05, 0) is 76.5 Å². The van der Waals surface area contributed by atoms with Crippen LogP contribution in [0.3, 0.4) is 0 Å². The molecule has 1 aliphatic rings. The summed E-state index contributed by atoms with van der Waals surface area (Å²) in [6.45, 7) is 2.82. The maximum Gasteiger partial charge on any atom is 0.276 e. The first kappa shape index (κ1) is 21.8. The number of hydrogen-bond acceptors (Lipinski definition) is 4. The quantitative estimate of drug-likeness (QED) is 0.372. The van der Waals surface area contributed by atoms with E-state index in [1.54, 1.807) is 25.1 Å². The fourth-order valence-corrected chi connectivity index (χ4v) is 3.88. The van der Waals surface area contributed by atoms with Crippen LogP contribution in [0.4, 0.5) is 0 Å². The number of hydrogen-bond donors (Lipinski definition) is 0. The van der Waals surface area contributed by atoms with E-state index in [4.69, 9.17) is 21.7 Å². The van der Waals surface area contributed by atoms with E-state index in [9.17, 15) is 4.79 Å². The standard InChI is InChI=1S/C21H20Br2N2O3S/c1-4-27-18-11-14(10-17-20(26)25(3)21(29)24(17)2)9-16(23)19(18)28-12-13-5-7-15(22)8-6-13/h5-11H,4,12H2,1-3H3/b17-10-. The fraction of sp³-hybridized carbons (Fsp3) is 0.238. The predicted molar refractivity (Wildman–Crippen MR) is 125 cm³/mol. The van der Waals surface area contributed by atoms with Gasteiger partial charge in [0.15, 0.2) is 16.6 Å². The summed E-state index contributed by atoms with van der Waals surface area (Å²) < 4.78 is 13.6. The van der Waals surface area contributed by atoms with E-state index in [0.717, 1.165) is 20.1 Å². The Morgan fingerprint density at radius 1 is 1.07 bits per heavy atom. The molecular weight excluding hydrogens is 520 g/mol. The van der Waals surface area contributed by atoms with Crippen LogP contribution in [0.1, 0.15) is 18.1 Å². The van der Waals surface area contributed by atoms with Crippen LogP contribution in [0.5, 0.6) is 11.5 Å². The van der Waals surface area contributed by atoms with Crippen LogP contribution in [-0.2, 0) is 11.4 Å². The van der Waals surface area contributed by atoms with Crippen molar-refractivity contribution in [1.29, 1.82) is 0 Å². The molecule has 1 saturated heterocycles. The van der Waals surface area contributed by atoms with Gasteiger partial charge in [0.05, 0.1) is 11.1 Å². The van der Waals surface area contributed by atoms with Gasteiger partial charge in [-0.3, -0.25) is 9.69 Å². The molecule has 0 N–H and O–H groups in total. The van der Waals surface area contributed by atoms with Gasteiger partial charge in [-0.2, -0.15) is 0 Å². The zero-order chi connectivity index (χ0) is 21.1. The second kappa shape index (κ2) is 9.28. The van der Waals surface area contributed by atoms with Gasteiger partial charge in [-0.15, -0.1) is 0 Å². The smallest absolute Gasteiger partial charge is 0.276 e. The van der Waals surface area contributed by atoms with Crippen molar-refractivity contribution in [3.63, 3.8) is 0 Å². The molecule has 1 amide bonds. The normalized spacial score (nSPS) is 15.4. The summed E-state index contributed by atoms with van der Waals surface area (Å²) in [6.07, 6.45) is 1.80. The predicted octanol–water partition coefficient (Wildman–Crippen LogP) is 5.22. The highest BCUT2D eigenvalue weighted by atomic mass is 79.9. The summed E-state index contributed by atoms with van der Waals surface area (Å²) in [5.41, 5.74) is 2.36. The Kier molecular flexibility index (Phi) is 6.97. The van der Waals surface area contributed by atoms with E-state index in [0.29, 0.717) is 35.5 Å². The van der Waals surface area contributed by atoms with Crippen molar-refractivity contribution in [1.82, 2.24) is 9.80 Å². The molecule has 8 heteroatoms. The molecule has 0 atom stereocenters. The molecule has 152 valence electrons. The summed E-state index contributed by atoms with van der Waals surface area (Å²) in [5, 5.41) is 0.472. The Morgan fingerprint density at radius 3 is 2.34 bits per heavy atom. The highest BCUT2D eigenvalue weighted by Crippen LogP contribution is 2.38. The van der Waals surface area contributed by atoms with Gasteiger partial charge >= 0.3 is 0 Å². The molecule has 1 heterocycles. The third-order valence-electron chi connectivity index (χ3n) is 4.39. The monoisotopic (exact) mass is 538 g/mol. The molecule has 1 fully saturated rings. The van der Waals surface area contributed by atoms with Crippen molar-refractivity contribution in [3.8, 4) is 11.5 Å². The Hall–Kier alpha value is -1.90. The number of ether oxygens (including phenoxy) is 2. The molecule has 5 nitrogen and oxygen atoms in total. The summed E-state index contributed by atoms with van der Waals surface area (Å²) in [6, 6.07) is 11.7. The van der Waals surface area contributed by atoms with Crippen LogP contribution in [0, 0.1) is 0 Å². The molecule has 2 aromatic carbocycles. The number of nitrogens with zero attached hydrogens (tertiary/aromatic N) is 2. The third-order valence-corrected chi connectivity index (χ3v) is 6.06. The van der Waals surface area contributed by atoms with Crippen LogP contribution in [-0.4, -0.2) is 41.5 Å². The molecule has 0 spiro atoms. The van der Waals surface area contributed by atoms with Gasteiger partial charge in [0, 0.05) is 18.6 Å². The minimum Gasteiger partial charge on any atom is -0.490 e. The number of benzene rings is 2. The number of likely N-dealkylation sites (N-methyl/N-ethyl adjacent to an activating group) is 2. The average molecular weight is 540 g/mol. The van der Waals surface area contributed by atoms with E-state index in [1.807, 2.05) is 43.3 Å². The number of carbonyl (C=O) groups is 1. The van der Waals surface area contributed by atoms with Crippen molar-refractivity contribution in [2.24, 2.45) is 0 Å². The molecule has 3 rings (SSSR count). The van der Waals surface area contributed by atoms with Crippen molar-refractivity contribution in [2.75, 3.05) is 20.7 Å². The van der Waals surface area contributed by atoms with E-state index in [1.165, 1.54) is 4.90 Å². The number of thiocarbonyl (C=S) groups is 1. The van der Waals surface area contributed by atoms with E-state index >= 15 is 0 Å². The first-order valence-electron chi connectivity index (χ1n) is 8.92. The maximum absolute atomic E-state index is 12.4. The second-order valence-electron chi connectivity index (χ2n) is 6.41.